The van der Waals surface area contributed by atoms with Gasteiger partial charge in [0.1, 0.15) is 0 Å². The van der Waals surface area contributed by atoms with E-state index in [0.717, 1.165) is 13.1 Å². The first-order valence-corrected chi connectivity index (χ1v) is 8.78. The van der Waals surface area contributed by atoms with E-state index in [1.807, 2.05) is 11.8 Å². The van der Waals surface area contributed by atoms with Gasteiger partial charge in [0.05, 0.1) is 0 Å². The zero-order valence-corrected chi connectivity index (χ0v) is 14.0. The van der Waals surface area contributed by atoms with Crippen LogP contribution in [-0.2, 0) is 0 Å². The van der Waals surface area contributed by atoms with Crippen molar-refractivity contribution < 1.29 is 0 Å². The molecule has 1 heterocycles. The minimum Gasteiger partial charge on any atom is -0.317 e. The summed E-state index contributed by atoms with van der Waals surface area (Å²) in [5.74, 6) is 0.636. The fourth-order valence-corrected chi connectivity index (χ4v) is 3.70. The van der Waals surface area contributed by atoms with Gasteiger partial charge >= 0.3 is 0 Å². The number of hydrogen-bond acceptors (Lipinski definition) is 2. The summed E-state index contributed by atoms with van der Waals surface area (Å²) in [5.41, 5.74) is 3.89. The van der Waals surface area contributed by atoms with Gasteiger partial charge in [0.15, 0.2) is 0 Å². The first kappa shape index (κ1) is 15.4. The maximum absolute atomic E-state index is 4.34. The van der Waals surface area contributed by atoms with Crippen LogP contribution in [0.5, 0.6) is 0 Å². The molecule has 0 amide bonds. The SMILES string of the molecule is C=C(c1ccc(Sc2ccc(C)cc2)cc1)C1CCNCC1. The van der Waals surface area contributed by atoms with Crippen LogP contribution in [0.1, 0.15) is 24.0 Å². The molecular weight excluding hydrogens is 286 g/mol. The normalized spacial score (nSPS) is 15.7. The molecule has 1 N–H and O–H groups in total. The van der Waals surface area contributed by atoms with Crippen molar-refractivity contribution in [3.05, 3.63) is 66.2 Å². The van der Waals surface area contributed by atoms with Crippen LogP contribution in [0.2, 0.25) is 0 Å². The maximum Gasteiger partial charge on any atom is 0.0122 e. The molecule has 114 valence electrons. The topological polar surface area (TPSA) is 12.0 Å². The van der Waals surface area contributed by atoms with Crippen molar-refractivity contribution in [1.29, 1.82) is 0 Å². The summed E-state index contributed by atoms with van der Waals surface area (Å²) in [6.07, 6.45) is 2.41. The van der Waals surface area contributed by atoms with Gasteiger partial charge in [-0.15, -0.1) is 0 Å². The third-order valence-corrected chi connectivity index (χ3v) is 5.33. The minimum atomic E-state index is 0.636. The van der Waals surface area contributed by atoms with E-state index in [1.54, 1.807) is 0 Å². The van der Waals surface area contributed by atoms with Crippen LogP contribution in [0.15, 0.2) is 64.9 Å². The summed E-state index contributed by atoms with van der Waals surface area (Å²) in [4.78, 5) is 2.57. The molecule has 0 atom stereocenters. The molecule has 0 spiro atoms. The highest BCUT2D eigenvalue weighted by Crippen LogP contribution is 2.32. The number of rotatable bonds is 4. The smallest absolute Gasteiger partial charge is 0.0122 e. The van der Waals surface area contributed by atoms with E-state index in [4.69, 9.17) is 0 Å². The van der Waals surface area contributed by atoms with Gasteiger partial charge in [-0.25, -0.2) is 0 Å². The first-order valence-electron chi connectivity index (χ1n) is 7.97. The molecule has 2 aromatic rings. The number of benzene rings is 2. The van der Waals surface area contributed by atoms with Gasteiger partial charge < -0.3 is 5.32 Å². The Morgan fingerprint density at radius 2 is 1.50 bits per heavy atom. The van der Waals surface area contributed by atoms with E-state index in [9.17, 15) is 0 Å². The van der Waals surface area contributed by atoms with E-state index < -0.39 is 0 Å². The minimum absolute atomic E-state index is 0.636. The second kappa shape index (κ2) is 7.17. The lowest BCUT2D eigenvalue weighted by molar-refractivity contribution is 0.447. The highest BCUT2D eigenvalue weighted by molar-refractivity contribution is 7.99. The highest BCUT2D eigenvalue weighted by atomic mass is 32.2. The summed E-state index contributed by atoms with van der Waals surface area (Å²) < 4.78 is 0. The summed E-state index contributed by atoms with van der Waals surface area (Å²) in [7, 11) is 0. The summed E-state index contributed by atoms with van der Waals surface area (Å²) in [6, 6.07) is 17.6. The molecule has 1 saturated heterocycles. The average Bonchev–Trinajstić information content (AvgIpc) is 2.58. The molecule has 22 heavy (non-hydrogen) atoms. The Hall–Kier alpha value is -1.51. The Morgan fingerprint density at radius 3 is 2.09 bits per heavy atom. The molecule has 0 aliphatic carbocycles. The van der Waals surface area contributed by atoms with E-state index >= 15 is 0 Å². The fraction of sp³-hybridized carbons (Fsp3) is 0.300. The van der Waals surface area contributed by atoms with Gasteiger partial charge in [-0.2, -0.15) is 0 Å². The third-order valence-electron chi connectivity index (χ3n) is 4.31. The van der Waals surface area contributed by atoms with E-state index in [-0.39, 0.29) is 0 Å². The Morgan fingerprint density at radius 1 is 0.955 bits per heavy atom. The van der Waals surface area contributed by atoms with Gasteiger partial charge in [-0.1, -0.05) is 48.2 Å². The maximum atomic E-state index is 4.34. The second-order valence-electron chi connectivity index (χ2n) is 5.99. The number of aryl methyl sites for hydroxylation is 1. The average molecular weight is 309 g/mol. The monoisotopic (exact) mass is 309 g/mol. The van der Waals surface area contributed by atoms with E-state index in [2.05, 4.69) is 67.4 Å². The molecule has 1 aliphatic rings. The Bertz CT molecular complexity index is 622. The number of nitrogens with one attached hydrogen (secondary N) is 1. The van der Waals surface area contributed by atoms with Crippen molar-refractivity contribution in [3.8, 4) is 0 Å². The predicted molar refractivity (Wildman–Crippen MR) is 96.4 cm³/mol. The zero-order valence-electron chi connectivity index (χ0n) is 13.1. The van der Waals surface area contributed by atoms with Gasteiger partial charge in [0.2, 0.25) is 0 Å². The van der Waals surface area contributed by atoms with Gasteiger partial charge in [0.25, 0.3) is 0 Å². The van der Waals surface area contributed by atoms with Crippen molar-refractivity contribution >= 4 is 17.3 Å². The van der Waals surface area contributed by atoms with Crippen molar-refractivity contribution in [2.75, 3.05) is 13.1 Å². The molecule has 0 radical (unpaired) electrons. The lowest BCUT2D eigenvalue weighted by Gasteiger charge is -2.24. The summed E-state index contributed by atoms with van der Waals surface area (Å²) in [5, 5.41) is 3.42. The second-order valence-corrected chi connectivity index (χ2v) is 7.14. The number of hydrogen-bond donors (Lipinski definition) is 1. The first-order chi connectivity index (χ1) is 10.7. The number of piperidine rings is 1. The Labute approximate surface area is 137 Å². The summed E-state index contributed by atoms with van der Waals surface area (Å²) >= 11 is 1.81. The van der Waals surface area contributed by atoms with Crippen molar-refractivity contribution in [3.63, 3.8) is 0 Å². The molecule has 2 heteroatoms. The lowest BCUT2D eigenvalue weighted by Crippen LogP contribution is -2.28. The third kappa shape index (κ3) is 3.82. The lowest BCUT2D eigenvalue weighted by atomic mass is 9.87. The molecule has 0 saturated carbocycles. The van der Waals surface area contributed by atoms with Crippen molar-refractivity contribution in [1.82, 2.24) is 5.32 Å². The molecule has 1 nitrogen and oxygen atoms in total. The molecule has 1 fully saturated rings. The molecule has 0 unspecified atom stereocenters. The van der Waals surface area contributed by atoms with Crippen LogP contribution in [0.25, 0.3) is 5.57 Å². The van der Waals surface area contributed by atoms with Gasteiger partial charge in [-0.05, 0) is 74.2 Å². The van der Waals surface area contributed by atoms with E-state index in [0.29, 0.717) is 5.92 Å². The van der Waals surface area contributed by atoms with Crippen molar-refractivity contribution in [2.24, 2.45) is 5.92 Å². The van der Waals surface area contributed by atoms with Crippen LogP contribution in [0.4, 0.5) is 0 Å². The van der Waals surface area contributed by atoms with E-state index in [1.165, 1.54) is 39.3 Å². The van der Waals surface area contributed by atoms with Crippen LogP contribution in [0.3, 0.4) is 0 Å². The summed E-state index contributed by atoms with van der Waals surface area (Å²) in [6.45, 7) is 8.69. The molecule has 0 aromatic heterocycles. The Kier molecular flexibility index (Phi) is 5.01. The predicted octanol–water partition coefficient (Wildman–Crippen LogP) is 5.16. The standard InChI is InChI=1S/C20H23NS/c1-15-3-7-19(8-4-15)22-20-9-5-17(6-10-20)16(2)18-11-13-21-14-12-18/h3-10,18,21H,2,11-14H2,1H3. The number of allylic oxidation sites excluding steroid dienone is 1. The molecular formula is C20H23NS. The van der Waals surface area contributed by atoms with Crippen LogP contribution < -0.4 is 5.32 Å². The largest absolute Gasteiger partial charge is 0.317 e. The molecule has 1 aliphatic heterocycles. The fourth-order valence-electron chi connectivity index (χ4n) is 2.89. The Balaban J connectivity index is 1.66. The van der Waals surface area contributed by atoms with Crippen LogP contribution in [0, 0.1) is 12.8 Å². The quantitative estimate of drug-likeness (QED) is 0.837. The van der Waals surface area contributed by atoms with Gasteiger partial charge in [0, 0.05) is 9.79 Å². The molecule has 2 aromatic carbocycles. The van der Waals surface area contributed by atoms with Crippen LogP contribution in [-0.4, -0.2) is 13.1 Å². The molecule has 0 bridgehead atoms. The van der Waals surface area contributed by atoms with Crippen LogP contribution >= 0.6 is 11.8 Å². The van der Waals surface area contributed by atoms with Gasteiger partial charge in [-0.3, -0.25) is 0 Å². The molecule has 3 rings (SSSR count). The zero-order chi connectivity index (χ0) is 15.4. The van der Waals surface area contributed by atoms with Crippen molar-refractivity contribution in [2.45, 2.75) is 29.6 Å². The highest BCUT2D eigenvalue weighted by Gasteiger charge is 2.17.